The van der Waals surface area contributed by atoms with Crippen LogP contribution in [0, 0.1) is 0 Å². The molecule has 5 nitrogen and oxygen atoms in total. The third-order valence-corrected chi connectivity index (χ3v) is 4.93. The molecule has 1 heterocycles. The molecule has 0 aliphatic carbocycles. The number of hydrogen-bond donors (Lipinski definition) is 1. The van der Waals surface area contributed by atoms with E-state index < -0.39 is 9.84 Å². The molecular formula is C15H23ClN2O3S. The summed E-state index contributed by atoms with van der Waals surface area (Å²) in [5.74, 6) is -0.101. The van der Waals surface area contributed by atoms with Gasteiger partial charge in [0, 0.05) is 37.5 Å². The zero-order valence-electron chi connectivity index (χ0n) is 13.1. The number of hydrogen-bond acceptors (Lipinski definition) is 4. The highest BCUT2D eigenvalue weighted by Gasteiger charge is 2.23. The van der Waals surface area contributed by atoms with Crippen LogP contribution in [0.25, 0.3) is 0 Å². The summed E-state index contributed by atoms with van der Waals surface area (Å²) in [6.45, 7) is 5.99. The lowest BCUT2D eigenvalue weighted by molar-refractivity contribution is 0.0709. The van der Waals surface area contributed by atoms with E-state index in [1.54, 1.807) is 17.0 Å². The van der Waals surface area contributed by atoms with E-state index in [1.807, 2.05) is 13.8 Å². The van der Waals surface area contributed by atoms with E-state index in [1.165, 1.54) is 12.3 Å². The quantitative estimate of drug-likeness (QED) is 0.901. The summed E-state index contributed by atoms with van der Waals surface area (Å²) >= 11 is 0. The average Bonchev–Trinajstić information content (AvgIpc) is 2.45. The first-order chi connectivity index (χ1) is 9.82. The van der Waals surface area contributed by atoms with Crippen molar-refractivity contribution in [1.82, 2.24) is 10.2 Å². The summed E-state index contributed by atoms with van der Waals surface area (Å²) in [5, 5.41) is 3.28. The molecule has 0 saturated carbocycles. The van der Waals surface area contributed by atoms with E-state index in [4.69, 9.17) is 0 Å². The van der Waals surface area contributed by atoms with Crippen molar-refractivity contribution in [3.63, 3.8) is 0 Å². The van der Waals surface area contributed by atoms with Crippen molar-refractivity contribution in [3.8, 4) is 0 Å². The molecule has 1 fully saturated rings. The van der Waals surface area contributed by atoms with Gasteiger partial charge < -0.3 is 10.2 Å². The molecule has 22 heavy (non-hydrogen) atoms. The second kappa shape index (κ2) is 7.44. The van der Waals surface area contributed by atoms with E-state index in [0.29, 0.717) is 25.1 Å². The highest BCUT2D eigenvalue weighted by molar-refractivity contribution is 7.90. The van der Waals surface area contributed by atoms with Crippen molar-refractivity contribution < 1.29 is 13.2 Å². The van der Waals surface area contributed by atoms with E-state index in [0.717, 1.165) is 12.1 Å². The lowest BCUT2D eigenvalue weighted by Crippen LogP contribution is -2.51. The van der Waals surface area contributed by atoms with Crippen molar-refractivity contribution in [2.24, 2.45) is 0 Å². The number of nitrogens with one attached hydrogen (secondary N) is 1. The topological polar surface area (TPSA) is 66.5 Å². The van der Waals surface area contributed by atoms with Crippen LogP contribution in [0.2, 0.25) is 0 Å². The fourth-order valence-corrected chi connectivity index (χ4v) is 3.65. The summed E-state index contributed by atoms with van der Waals surface area (Å²) < 4.78 is 23.8. The van der Waals surface area contributed by atoms with Gasteiger partial charge in [-0.15, -0.1) is 12.4 Å². The minimum Gasteiger partial charge on any atom is -0.336 e. The molecule has 1 saturated heterocycles. The summed E-state index contributed by atoms with van der Waals surface area (Å²) in [6, 6.07) is 5.24. The lowest BCUT2D eigenvalue weighted by atomic mass is 10.1. The van der Waals surface area contributed by atoms with E-state index in [9.17, 15) is 13.2 Å². The van der Waals surface area contributed by atoms with Gasteiger partial charge in [0.2, 0.25) is 0 Å². The van der Waals surface area contributed by atoms with Crippen molar-refractivity contribution in [2.75, 3.05) is 25.9 Å². The number of amides is 1. The third-order valence-electron chi connectivity index (χ3n) is 3.75. The number of aryl methyl sites for hydroxylation is 1. The molecule has 0 bridgehead atoms. The molecule has 7 heteroatoms. The van der Waals surface area contributed by atoms with Crippen molar-refractivity contribution in [1.29, 1.82) is 0 Å². The Labute approximate surface area is 138 Å². The highest BCUT2D eigenvalue weighted by Crippen LogP contribution is 2.20. The molecule has 0 spiro atoms. The van der Waals surface area contributed by atoms with Crippen LogP contribution in [-0.4, -0.2) is 51.2 Å². The van der Waals surface area contributed by atoms with Gasteiger partial charge in [-0.2, -0.15) is 0 Å². The maximum Gasteiger partial charge on any atom is 0.253 e. The summed E-state index contributed by atoms with van der Waals surface area (Å²) in [7, 11) is -3.33. The first-order valence-electron chi connectivity index (χ1n) is 7.18. The standard InChI is InChI=1S/C15H22N2O3S.ClH/c1-4-12-5-6-13(9-14(12)21(3,19)20)15(18)17-8-7-16-11(2)10-17;/h5-6,9,11,16H,4,7-8,10H2,1-3H3;1H/t11-;/m1./s1. The molecule has 1 aromatic rings. The molecule has 0 unspecified atom stereocenters. The Morgan fingerprint density at radius 3 is 2.64 bits per heavy atom. The fraction of sp³-hybridized carbons (Fsp3) is 0.533. The minimum atomic E-state index is -3.33. The summed E-state index contributed by atoms with van der Waals surface area (Å²) in [4.78, 5) is 14.6. The van der Waals surface area contributed by atoms with Crippen LogP contribution in [-0.2, 0) is 16.3 Å². The number of carbonyl (C=O) groups is 1. The highest BCUT2D eigenvalue weighted by atomic mass is 35.5. The molecule has 1 amide bonds. The van der Waals surface area contributed by atoms with E-state index >= 15 is 0 Å². The van der Waals surface area contributed by atoms with Crippen LogP contribution in [0.3, 0.4) is 0 Å². The largest absolute Gasteiger partial charge is 0.336 e. The number of benzene rings is 1. The van der Waals surface area contributed by atoms with Crippen LogP contribution in [0.15, 0.2) is 23.1 Å². The SMILES string of the molecule is CCc1ccc(C(=O)N2CCN[C@H](C)C2)cc1S(C)(=O)=O.Cl. The molecular weight excluding hydrogens is 324 g/mol. The molecule has 1 N–H and O–H groups in total. The van der Waals surface area contributed by atoms with Gasteiger partial charge in [0.1, 0.15) is 0 Å². The molecule has 124 valence electrons. The minimum absolute atomic E-state index is 0. The zero-order chi connectivity index (χ0) is 15.6. The van der Waals surface area contributed by atoms with Gasteiger partial charge in [0.05, 0.1) is 4.90 Å². The third kappa shape index (κ3) is 4.21. The van der Waals surface area contributed by atoms with Gasteiger partial charge in [0.25, 0.3) is 5.91 Å². The predicted octanol–water partition coefficient (Wildman–Crippen LogP) is 1.51. The molecule has 1 aromatic carbocycles. The number of rotatable bonds is 3. The Bertz CT molecular complexity index is 646. The second-order valence-corrected chi connectivity index (χ2v) is 7.54. The summed E-state index contributed by atoms with van der Waals surface area (Å²) in [6.07, 6.45) is 1.81. The fourth-order valence-electron chi connectivity index (χ4n) is 2.62. The molecule has 0 aromatic heterocycles. The predicted molar refractivity (Wildman–Crippen MR) is 89.5 cm³/mol. The normalized spacial score (nSPS) is 18.7. The van der Waals surface area contributed by atoms with Crippen LogP contribution in [0.5, 0.6) is 0 Å². The van der Waals surface area contributed by atoms with Gasteiger partial charge in [-0.1, -0.05) is 13.0 Å². The number of piperazine rings is 1. The van der Waals surface area contributed by atoms with Crippen molar-refractivity contribution >= 4 is 28.2 Å². The zero-order valence-corrected chi connectivity index (χ0v) is 14.8. The van der Waals surface area contributed by atoms with Crippen molar-refractivity contribution in [3.05, 3.63) is 29.3 Å². The summed E-state index contributed by atoms with van der Waals surface area (Å²) in [5.41, 5.74) is 1.20. The van der Waals surface area contributed by atoms with E-state index in [-0.39, 0.29) is 29.3 Å². The number of sulfone groups is 1. The van der Waals surface area contributed by atoms with Crippen LogP contribution in [0.4, 0.5) is 0 Å². The van der Waals surface area contributed by atoms with Crippen molar-refractivity contribution in [2.45, 2.75) is 31.2 Å². The lowest BCUT2D eigenvalue weighted by Gasteiger charge is -2.32. The van der Waals surface area contributed by atoms with Gasteiger partial charge in [-0.3, -0.25) is 4.79 Å². The van der Waals surface area contributed by atoms with Gasteiger partial charge >= 0.3 is 0 Å². The maximum atomic E-state index is 12.5. The average molecular weight is 347 g/mol. The first kappa shape index (κ1) is 18.9. The Morgan fingerprint density at radius 1 is 1.41 bits per heavy atom. The molecule has 1 aliphatic rings. The second-order valence-electron chi connectivity index (χ2n) is 5.55. The van der Waals surface area contributed by atoms with Crippen LogP contribution in [0.1, 0.15) is 29.8 Å². The number of nitrogens with zero attached hydrogens (tertiary/aromatic N) is 1. The Kier molecular flexibility index (Phi) is 6.40. The molecule has 1 atom stereocenters. The molecule has 0 radical (unpaired) electrons. The van der Waals surface area contributed by atoms with Gasteiger partial charge in [-0.05, 0) is 31.0 Å². The van der Waals surface area contributed by atoms with Crippen LogP contribution >= 0.6 is 12.4 Å². The molecule has 1 aliphatic heterocycles. The van der Waals surface area contributed by atoms with Crippen LogP contribution < -0.4 is 5.32 Å². The monoisotopic (exact) mass is 346 g/mol. The number of carbonyl (C=O) groups excluding carboxylic acids is 1. The smallest absolute Gasteiger partial charge is 0.253 e. The van der Waals surface area contributed by atoms with E-state index in [2.05, 4.69) is 5.32 Å². The molecule has 2 rings (SSSR count). The Balaban J connectivity index is 0.00000242. The number of halogens is 1. The Morgan fingerprint density at radius 2 is 2.09 bits per heavy atom. The van der Waals surface area contributed by atoms with Gasteiger partial charge in [0.15, 0.2) is 9.84 Å². The maximum absolute atomic E-state index is 12.5. The first-order valence-corrected chi connectivity index (χ1v) is 9.07. The van der Waals surface area contributed by atoms with Gasteiger partial charge in [-0.25, -0.2) is 8.42 Å². The Hall–Kier alpha value is -1.11.